The first-order valence-electron chi connectivity index (χ1n) is 8.07. The third-order valence-electron chi connectivity index (χ3n) is 3.92. The monoisotopic (exact) mass is 331 g/mol. The molecule has 2 aromatic rings. The van der Waals surface area contributed by atoms with Gasteiger partial charge in [-0.2, -0.15) is 0 Å². The molecule has 1 aromatic carbocycles. The van der Waals surface area contributed by atoms with Gasteiger partial charge in [0.1, 0.15) is 11.3 Å². The van der Waals surface area contributed by atoms with Crippen LogP contribution in [-0.4, -0.2) is 56.7 Å². The van der Waals surface area contributed by atoms with Gasteiger partial charge < -0.3 is 19.8 Å². The molecule has 2 N–H and O–H groups in total. The molecule has 0 radical (unpaired) electrons. The summed E-state index contributed by atoms with van der Waals surface area (Å²) < 4.78 is 10.6. The third-order valence-corrected chi connectivity index (χ3v) is 3.92. The highest BCUT2D eigenvalue weighted by molar-refractivity contribution is 5.79. The van der Waals surface area contributed by atoms with Crippen LogP contribution < -0.4 is 21.0 Å². The summed E-state index contributed by atoms with van der Waals surface area (Å²) in [6.45, 7) is 5.39. The molecule has 7 heteroatoms. The highest BCUT2D eigenvalue weighted by Crippen LogP contribution is 2.19. The van der Waals surface area contributed by atoms with Crippen molar-refractivity contribution in [1.82, 2.24) is 15.5 Å². The summed E-state index contributed by atoms with van der Waals surface area (Å²) in [4.78, 5) is 25.4. The van der Waals surface area contributed by atoms with E-state index in [1.54, 1.807) is 24.3 Å². The summed E-state index contributed by atoms with van der Waals surface area (Å²) in [5, 5.41) is 6.95. The van der Waals surface area contributed by atoms with Crippen molar-refractivity contribution in [2.24, 2.45) is 0 Å². The van der Waals surface area contributed by atoms with Gasteiger partial charge in [-0.1, -0.05) is 0 Å². The van der Waals surface area contributed by atoms with Crippen LogP contribution in [0.15, 0.2) is 39.5 Å². The Morgan fingerprint density at radius 3 is 2.88 bits per heavy atom. The van der Waals surface area contributed by atoms with E-state index in [1.165, 1.54) is 6.07 Å². The zero-order valence-corrected chi connectivity index (χ0v) is 13.4. The zero-order valence-electron chi connectivity index (χ0n) is 13.4. The lowest BCUT2D eigenvalue weighted by Crippen LogP contribution is -2.46. The van der Waals surface area contributed by atoms with Gasteiger partial charge in [0.2, 0.25) is 0 Å². The maximum atomic E-state index is 11.8. The first kappa shape index (κ1) is 16.5. The molecule has 0 bridgehead atoms. The number of carbonyl (C=O) groups is 1. The lowest BCUT2D eigenvalue weighted by atomic mass is 10.2. The van der Waals surface area contributed by atoms with Crippen molar-refractivity contribution in [3.63, 3.8) is 0 Å². The number of ether oxygens (including phenoxy) is 1. The first-order chi connectivity index (χ1) is 11.7. The van der Waals surface area contributed by atoms with E-state index in [0.29, 0.717) is 17.9 Å². The minimum Gasteiger partial charge on any atom is -0.484 e. The highest BCUT2D eigenvalue weighted by atomic mass is 16.5. The molecule has 1 fully saturated rings. The second-order valence-corrected chi connectivity index (χ2v) is 5.68. The number of fused-ring (bicyclic) bond motifs is 1. The molecule has 0 spiro atoms. The standard InChI is InChI=1S/C17H21N3O4/c21-16(19-7-10-20-8-5-18-6-9-20)12-23-14-3-1-13-2-4-17(22)24-15(13)11-14/h1-4,11,18H,5-10,12H2,(H,19,21). The van der Waals surface area contributed by atoms with Crippen LogP contribution in [-0.2, 0) is 4.79 Å². The van der Waals surface area contributed by atoms with Gasteiger partial charge in [-0.15, -0.1) is 0 Å². The van der Waals surface area contributed by atoms with E-state index in [-0.39, 0.29) is 12.5 Å². The summed E-state index contributed by atoms with van der Waals surface area (Å²) in [5.41, 5.74) is 0.0319. The number of carbonyl (C=O) groups excluding carboxylic acids is 1. The van der Waals surface area contributed by atoms with E-state index in [0.717, 1.165) is 38.1 Å². The summed E-state index contributed by atoms with van der Waals surface area (Å²) in [7, 11) is 0. The number of benzene rings is 1. The molecule has 0 saturated carbocycles. The summed E-state index contributed by atoms with van der Waals surface area (Å²) in [5.74, 6) is 0.328. The van der Waals surface area contributed by atoms with Gasteiger partial charge in [-0.25, -0.2) is 4.79 Å². The largest absolute Gasteiger partial charge is 0.484 e. The Kier molecular flexibility index (Phi) is 5.45. The van der Waals surface area contributed by atoms with Crippen LogP contribution in [0.3, 0.4) is 0 Å². The molecule has 1 aliphatic rings. The van der Waals surface area contributed by atoms with Crippen LogP contribution in [0, 0.1) is 0 Å². The van der Waals surface area contributed by atoms with Gasteiger partial charge in [0.15, 0.2) is 6.61 Å². The average Bonchev–Trinajstić information content (AvgIpc) is 2.60. The van der Waals surface area contributed by atoms with E-state index in [4.69, 9.17) is 9.15 Å². The van der Waals surface area contributed by atoms with E-state index < -0.39 is 5.63 Å². The fourth-order valence-corrected chi connectivity index (χ4v) is 2.62. The van der Waals surface area contributed by atoms with Crippen LogP contribution in [0.1, 0.15) is 0 Å². The van der Waals surface area contributed by atoms with Crippen LogP contribution in [0.5, 0.6) is 5.75 Å². The van der Waals surface area contributed by atoms with Gasteiger partial charge >= 0.3 is 5.63 Å². The molecule has 24 heavy (non-hydrogen) atoms. The number of nitrogens with zero attached hydrogens (tertiary/aromatic N) is 1. The lowest BCUT2D eigenvalue weighted by Gasteiger charge is -2.27. The van der Waals surface area contributed by atoms with E-state index in [2.05, 4.69) is 15.5 Å². The van der Waals surface area contributed by atoms with Crippen LogP contribution in [0.4, 0.5) is 0 Å². The SMILES string of the molecule is O=C(COc1ccc2ccc(=O)oc2c1)NCCN1CCNCC1. The van der Waals surface area contributed by atoms with Crippen molar-refractivity contribution in [3.05, 3.63) is 40.8 Å². The van der Waals surface area contributed by atoms with Crippen LogP contribution >= 0.6 is 0 Å². The van der Waals surface area contributed by atoms with Crippen molar-refractivity contribution >= 4 is 16.9 Å². The molecule has 7 nitrogen and oxygen atoms in total. The van der Waals surface area contributed by atoms with Crippen molar-refractivity contribution in [2.75, 3.05) is 45.9 Å². The van der Waals surface area contributed by atoms with Crippen molar-refractivity contribution in [2.45, 2.75) is 0 Å². The predicted molar refractivity (Wildman–Crippen MR) is 90.3 cm³/mol. The van der Waals surface area contributed by atoms with E-state index >= 15 is 0 Å². The van der Waals surface area contributed by atoms with Crippen molar-refractivity contribution in [1.29, 1.82) is 0 Å². The number of hydrogen-bond donors (Lipinski definition) is 2. The highest BCUT2D eigenvalue weighted by Gasteiger charge is 2.10. The zero-order chi connectivity index (χ0) is 16.8. The Morgan fingerprint density at radius 1 is 1.25 bits per heavy atom. The van der Waals surface area contributed by atoms with Gasteiger partial charge in [0.25, 0.3) is 5.91 Å². The molecule has 0 atom stereocenters. The normalized spacial score (nSPS) is 15.3. The van der Waals surface area contributed by atoms with Gasteiger partial charge in [0.05, 0.1) is 0 Å². The van der Waals surface area contributed by atoms with Gasteiger partial charge in [0, 0.05) is 56.8 Å². The Morgan fingerprint density at radius 2 is 2.04 bits per heavy atom. The Balaban J connectivity index is 1.44. The average molecular weight is 331 g/mol. The Bertz CT molecular complexity index is 753. The molecule has 0 aliphatic carbocycles. The molecule has 1 aliphatic heterocycles. The molecule has 128 valence electrons. The minimum absolute atomic E-state index is 0.0653. The minimum atomic E-state index is -0.412. The Hall–Kier alpha value is -2.38. The molecule has 3 rings (SSSR count). The van der Waals surface area contributed by atoms with Crippen molar-refractivity contribution < 1.29 is 13.9 Å². The van der Waals surface area contributed by atoms with Crippen molar-refractivity contribution in [3.8, 4) is 5.75 Å². The first-order valence-corrected chi connectivity index (χ1v) is 8.07. The molecular weight excluding hydrogens is 310 g/mol. The third kappa shape index (κ3) is 4.56. The maximum absolute atomic E-state index is 11.8. The fraction of sp³-hybridized carbons (Fsp3) is 0.412. The number of rotatable bonds is 6. The number of amides is 1. The predicted octanol–water partition coefficient (Wildman–Crippen LogP) is 0.193. The van der Waals surface area contributed by atoms with E-state index in [1.807, 2.05) is 0 Å². The fourth-order valence-electron chi connectivity index (χ4n) is 2.62. The molecule has 2 heterocycles. The number of piperazine rings is 1. The van der Waals surface area contributed by atoms with Gasteiger partial charge in [-0.05, 0) is 18.2 Å². The summed E-state index contributed by atoms with van der Waals surface area (Å²) in [6, 6.07) is 8.21. The Labute approximate surface area is 139 Å². The molecule has 0 unspecified atom stereocenters. The topological polar surface area (TPSA) is 83.8 Å². The maximum Gasteiger partial charge on any atom is 0.336 e. The second-order valence-electron chi connectivity index (χ2n) is 5.68. The van der Waals surface area contributed by atoms with Gasteiger partial charge in [-0.3, -0.25) is 9.69 Å². The molecule has 1 amide bonds. The lowest BCUT2D eigenvalue weighted by molar-refractivity contribution is -0.123. The summed E-state index contributed by atoms with van der Waals surface area (Å²) >= 11 is 0. The molecule has 1 aromatic heterocycles. The van der Waals surface area contributed by atoms with Crippen LogP contribution in [0.2, 0.25) is 0 Å². The molecular formula is C17H21N3O4. The number of hydrogen-bond acceptors (Lipinski definition) is 6. The van der Waals surface area contributed by atoms with E-state index in [9.17, 15) is 9.59 Å². The quantitative estimate of drug-likeness (QED) is 0.736. The smallest absolute Gasteiger partial charge is 0.336 e. The molecule has 1 saturated heterocycles. The number of nitrogens with one attached hydrogen (secondary N) is 2. The van der Waals surface area contributed by atoms with Crippen LogP contribution in [0.25, 0.3) is 11.0 Å². The summed E-state index contributed by atoms with van der Waals surface area (Å²) in [6.07, 6.45) is 0. The second kappa shape index (κ2) is 7.94.